The number of pyridine rings is 1. The molecule has 0 unspecified atom stereocenters. The van der Waals surface area contributed by atoms with Gasteiger partial charge in [0.1, 0.15) is 17.1 Å². The van der Waals surface area contributed by atoms with Crippen molar-refractivity contribution in [1.29, 1.82) is 0 Å². The second-order valence-corrected chi connectivity index (χ2v) is 16.9. The van der Waals surface area contributed by atoms with Crippen LogP contribution in [0.5, 0.6) is 11.6 Å². The van der Waals surface area contributed by atoms with Gasteiger partial charge in [-0.25, -0.2) is 9.18 Å². The Morgan fingerprint density at radius 3 is 2.20 bits per heavy atom. The number of methoxy groups -OCH3 is 1. The van der Waals surface area contributed by atoms with Crippen LogP contribution in [-0.4, -0.2) is 36.1 Å². The van der Waals surface area contributed by atoms with Gasteiger partial charge in [0.15, 0.2) is 0 Å². The van der Waals surface area contributed by atoms with E-state index in [0.29, 0.717) is 39.4 Å². The Kier molecular flexibility index (Phi) is 8.13. The van der Waals surface area contributed by atoms with E-state index in [1.165, 1.54) is 19.2 Å². The number of aromatic hydroxyl groups is 1. The molecule has 4 rings (SSSR count). The maximum Gasteiger partial charge on any atom is 0.337 e. The molecular weight excluding hydrogens is 523 g/mol. The van der Waals surface area contributed by atoms with Crippen molar-refractivity contribution in [1.82, 2.24) is 9.55 Å². The number of hydrogen-bond donors (Lipinski definition) is 1. The second kappa shape index (κ2) is 11.1. The van der Waals surface area contributed by atoms with Crippen molar-refractivity contribution in [3.05, 3.63) is 71.8 Å². The highest BCUT2D eigenvalue weighted by Gasteiger charge is 2.48. The molecule has 0 radical (unpaired) electrons. The van der Waals surface area contributed by atoms with E-state index in [1.54, 1.807) is 36.1 Å². The summed E-state index contributed by atoms with van der Waals surface area (Å²) in [5.41, 5.74) is 3.91. The SMILES string of the molecule is C=C(C(=O)OC)c1c2cc(Cc3ccc(F)cc3)cnc2c(O[Si](C(C)C)(C(C)C)C(C)C)c2c(O)n(C)cc12. The van der Waals surface area contributed by atoms with E-state index in [9.17, 15) is 14.3 Å². The zero-order chi connectivity index (χ0) is 29.5. The van der Waals surface area contributed by atoms with Crippen LogP contribution in [0.4, 0.5) is 4.39 Å². The Hall–Kier alpha value is -3.65. The summed E-state index contributed by atoms with van der Waals surface area (Å²) in [6, 6.07) is 8.34. The molecule has 0 spiro atoms. The van der Waals surface area contributed by atoms with Crippen molar-refractivity contribution in [2.24, 2.45) is 7.05 Å². The number of ether oxygens (including phenoxy) is 1. The number of halogens is 1. The van der Waals surface area contributed by atoms with Crippen molar-refractivity contribution >= 4 is 41.5 Å². The molecule has 2 heterocycles. The highest BCUT2D eigenvalue weighted by atomic mass is 28.4. The van der Waals surface area contributed by atoms with Gasteiger partial charge in [0.2, 0.25) is 5.88 Å². The van der Waals surface area contributed by atoms with Crippen molar-refractivity contribution in [3.8, 4) is 11.6 Å². The molecule has 0 fully saturated rings. The first-order chi connectivity index (χ1) is 18.8. The fourth-order valence-electron chi connectivity index (χ4n) is 6.29. The highest BCUT2D eigenvalue weighted by Crippen LogP contribution is 2.50. The van der Waals surface area contributed by atoms with Crippen LogP contribution in [0.1, 0.15) is 58.2 Å². The van der Waals surface area contributed by atoms with Gasteiger partial charge in [-0.15, -0.1) is 0 Å². The molecule has 6 nitrogen and oxygen atoms in total. The van der Waals surface area contributed by atoms with E-state index in [-0.39, 0.29) is 33.9 Å². The number of rotatable bonds is 9. The lowest BCUT2D eigenvalue weighted by molar-refractivity contribution is -0.133. The Morgan fingerprint density at radius 2 is 1.65 bits per heavy atom. The van der Waals surface area contributed by atoms with Crippen LogP contribution in [0.15, 0.2) is 49.3 Å². The van der Waals surface area contributed by atoms with Gasteiger partial charge in [0, 0.05) is 35.8 Å². The number of aromatic nitrogens is 2. The van der Waals surface area contributed by atoms with Gasteiger partial charge in [-0.3, -0.25) is 4.98 Å². The molecule has 0 aliphatic rings. The van der Waals surface area contributed by atoms with Crippen molar-refractivity contribution in [2.75, 3.05) is 7.11 Å². The zero-order valence-electron chi connectivity index (χ0n) is 24.6. The minimum atomic E-state index is -2.48. The van der Waals surface area contributed by atoms with Crippen LogP contribution in [0, 0.1) is 5.82 Å². The molecule has 0 amide bonds. The number of hydrogen-bond acceptors (Lipinski definition) is 5. The van der Waals surface area contributed by atoms with Gasteiger partial charge in [-0.2, -0.15) is 0 Å². The summed E-state index contributed by atoms with van der Waals surface area (Å²) in [7, 11) is 0.589. The zero-order valence-corrected chi connectivity index (χ0v) is 25.6. The summed E-state index contributed by atoms with van der Waals surface area (Å²) in [6.07, 6.45) is 4.08. The molecule has 0 saturated heterocycles. The molecule has 0 atom stereocenters. The number of nitrogens with zero attached hydrogens (tertiary/aromatic N) is 2. The molecule has 8 heteroatoms. The predicted molar refractivity (Wildman–Crippen MR) is 162 cm³/mol. The fraction of sp³-hybridized carbons (Fsp3) is 0.375. The largest absolute Gasteiger partial charge is 0.541 e. The van der Waals surface area contributed by atoms with Crippen LogP contribution in [0.25, 0.3) is 27.2 Å². The third-order valence-electron chi connectivity index (χ3n) is 8.12. The van der Waals surface area contributed by atoms with Crippen molar-refractivity contribution in [3.63, 3.8) is 0 Å². The van der Waals surface area contributed by atoms with Gasteiger partial charge in [0.05, 0.1) is 18.1 Å². The van der Waals surface area contributed by atoms with Crippen LogP contribution < -0.4 is 4.43 Å². The summed E-state index contributed by atoms with van der Waals surface area (Å²) in [6.45, 7) is 17.3. The van der Waals surface area contributed by atoms with E-state index < -0.39 is 14.3 Å². The number of carbonyl (C=O) groups is 1. The maximum absolute atomic E-state index is 13.5. The normalized spacial score (nSPS) is 12.2. The third kappa shape index (κ3) is 4.89. The lowest BCUT2D eigenvalue weighted by Crippen LogP contribution is -2.50. The Bertz CT molecular complexity index is 1570. The maximum atomic E-state index is 13.5. The molecule has 0 aliphatic carbocycles. The molecule has 2 aromatic carbocycles. The molecule has 0 aliphatic heterocycles. The number of esters is 1. The number of carbonyl (C=O) groups excluding carboxylic acids is 1. The molecule has 0 saturated carbocycles. The predicted octanol–water partition coefficient (Wildman–Crippen LogP) is 7.90. The molecule has 212 valence electrons. The quantitative estimate of drug-likeness (QED) is 0.127. The summed E-state index contributed by atoms with van der Waals surface area (Å²) >= 11 is 0. The number of fused-ring (bicyclic) bond motifs is 2. The van der Waals surface area contributed by atoms with Crippen LogP contribution >= 0.6 is 0 Å². The summed E-state index contributed by atoms with van der Waals surface area (Å²) in [4.78, 5) is 17.7. The molecule has 1 N–H and O–H groups in total. The smallest absolute Gasteiger partial charge is 0.337 e. The van der Waals surface area contributed by atoms with Gasteiger partial charge >= 0.3 is 5.97 Å². The number of benzene rings is 2. The monoisotopic (exact) mass is 562 g/mol. The van der Waals surface area contributed by atoms with Gasteiger partial charge in [-0.1, -0.05) is 60.3 Å². The molecular formula is C32H39FN2O4Si. The van der Waals surface area contributed by atoms with Crippen LogP contribution in [0.2, 0.25) is 16.6 Å². The molecule has 40 heavy (non-hydrogen) atoms. The van der Waals surface area contributed by atoms with Gasteiger partial charge in [-0.05, 0) is 52.4 Å². The first-order valence-corrected chi connectivity index (χ1v) is 15.8. The minimum absolute atomic E-state index is 0.0298. The Morgan fingerprint density at radius 1 is 1.05 bits per heavy atom. The summed E-state index contributed by atoms with van der Waals surface area (Å²) in [5.74, 6) is -0.306. The van der Waals surface area contributed by atoms with Crippen LogP contribution in [-0.2, 0) is 23.0 Å². The average Bonchev–Trinajstić information content (AvgIpc) is 3.19. The topological polar surface area (TPSA) is 73.6 Å². The lowest BCUT2D eigenvalue weighted by atomic mass is 9.94. The minimum Gasteiger partial charge on any atom is -0.541 e. The average molecular weight is 563 g/mol. The van der Waals surface area contributed by atoms with E-state index >= 15 is 0 Å². The first-order valence-electron chi connectivity index (χ1n) is 13.7. The van der Waals surface area contributed by atoms with Gasteiger partial charge < -0.3 is 18.8 Å². The van der Waals surface area contributed by atoms with E-state index in [2.05, 4.69) is 48.1 Å². The summed E-state index contributed by atoms with van der Waals surface area (Å²) in [5, 5.41) is 13.1. The van der Waals surface area contributed by atoms with Crippen molar-refractivity contribution in [2.45, 2.75) is 64.6 Å². The highest BCUT2D eigenvalue weighted by molar-refractivity contribution is 6.78. The fourth-order valence-corrected chi connectivity index (χ4v) is 11.5. The third-order valence-corrected chi connectivity index (χ3v) is 14.1. The second-order valence-electron chi connectivity index (χ2n) is 11.5. The molecule has 2 aromatic heterocycles. The molecule has 0 bridgehead atoms. The van der Waals surface area contributed by atoms with E-state index in [4.69, 9.17) is 14.1 Å². The molecule has 4 aromatic rings. The van der Waals surface area contributed by atoms with E-state index in [1.807, 2.05) is 6.07 Å². The lowest BCUT2D eigenvalue weighted by Gasteiger charge is -2.42. The summed E-state index contributed by atoms with van der Waals surface area (Å²) < 4.78 is 27.4. The Labute approximate surface area is 236 Å². The van der Waals surface area contributed by atoms with Gasteiger partial charge in [0.25, 0.3) is 8.32 Å². The Balaban J connectivity index is 2.10. The first kappa shape index (κ1) is 29.3. The standard InChI is InChI=1S/C32H39FN2O4Si/c1-18(2)40(19(3)4,20(5)6)39-30-28-26(17-35(8)31(28)36)27(21(7)32(37)38-9)25-15-23(16-34-29(25)30)14-22-10-12-24(33)13-11-22/h10-13,15-20,36H,7,14H2,1-6,8-9H3. The number of aryl methyl sites for hydroxylation is 1. The van der Waals surface area contributed by atoms with Crippen molar-refractivity contribution < 1.29 is 23.5 Å². The van der Waals surface area contributed by atoms with Crippen LogP contribution in [0.3, 0.4) is 0 Å². The van der Waals surface area contributed by atoms with E-state index in [0.717, 1.165) is 11.1 Å².